The molecule has 0 N–H and O–H groups in total. The van der Waals surface area contributed by atoms with Gasteiger partial charge in [-0.3, -0.25) is 0 Å². The van der Waals surface area contributed by atoms with E-state index >= 15 is 0 Å². The second-order valence-corrected chi connectivity index (χ2v) is 21.3. The average Bonchev–Trinajstić information content (AvgIpc) is 3.18. The van der Waals surface area contributed by atoms with E-state index in [0.29, 0.717) is 0 Å². The first kappa shape index (κ1) is 23.2. The summed E-state index contributed by atoms with van der Waals surface area (Å²) in [5.74, 6) is 0. The minimum atomic E-state index is -2.38. The number of hydrogen-bond donors (Lipinski definition) is 0. The molecule has 0 aliphatic carbocycles. The van der Waals surface area contributed by atoms with Crippen molar-refractivity contribution in [3.8, 4) is 0 Å². The maximum absolute atomic E-state index is 5.92. The van der Waals surface area contributed by atoms with E-state index in [1.165, 1.54) is 68.4 Å². The van der Waals surface area contributed by atoms with Gasteiger partial charge in [0.1, 0.15) is 0 Å². The molecule has 0 radical (unpaired) electrons. The number of hydrogen-bond acceptors (Lipinski definition) is 3. The molecule has 2 rings (SSSR count). The van der Waals surface area contributed by atoms with Gasteiger partial charge in [0.05, 0.1) is 0 Å². The molecule has 0 spiro atoms. The first-order valence-electron chi connectivity index (χ1n) is 11.5. The molecule has 0 bridgehead atoms. The van der Waals surface area contributed by atoms with Crippen molar-refractivity contribution in [1.82, 2.24) is 9.55 Å². The Bertz CT molecular complexity index is 478. The van der Waals surface area contributed by atoms with E-state index in [4.69, 9.17) is 14.5 Å². The van der Waals surface area contributed by atoms with Crippen molar-refractivity contribution in [1.29, 1.82) is 0 Å². The molecule has 1 aromatic rings. The Kier molecular flexibility index (Phi) is 11.4. The predicted octanol–water partition coefficient (Wildman–Crippen LogP) is 5.48. The number of unbranched alkanes of at least 4 members (excludes halogenated alkanes) is 3. The van der Waals surface area contributed by atoms with Gasteiger partial charge in [-0.1, -0.05) is 0 Å². The van der Waals surface area contributed by atoms with Gasteiger partial charge in [-0.15, -0.1) is 0 Å². The molecule has 1 aliphatic heterocycles. The molecule has 1 atom stereocenters. The Balaban J connectivity index is 1.98. The van der Waals surface area contributed by atoms with Crippen molar-refractivity contribution in [2.75, 3.05) is 13.2 Å². The van der Waals surface area contributed by atoms with Gasteiger partial charge >= 0.3 is 172 Å². The molecule has 1 aromatic heterocycles. The Morgan fingerprint density at radius 2 is 1.74 bits per heavy atom. The van der Waals surface area contributed by atoms with Crippen molar-refractivity contribution in [2.24, 2.45) is 0 Å². The second-order valence-electron chi connectivity index (χ2n) is 8.25. The zero-order valence-corrected chi connectivity index (χ0v) is 20.9. The molecule has 5 heteroatoms. The number of imidazole rings is 1. The van der Waals surface area contributed by atoms with E-state index < -0.39 is 18.4 Å². The van der Waals surface area contributed by atoms with E-state index in [1.807, 2.05) is 0 Å². The summed E-state index contributed by atoms with van der Waals surface area (Å²) in [6.45, 7) is 9.47. The van der Waals surface area contributed by atoms with Crippen LogP contribution in [0.1, 0.15) is 78.6 Å². The number of rotatable bonds is 14. The average molecular weight is 485 g/mol. The van der Waals surface area contributed by atoms with Crippen molar-refractivity contribution in [3.63, 3.8) is 0 Å². The van der Waals surface area contributed by atoms with Crippen LogP contribution >= 0.6 is 0 Å². The molecule has 0 aromatic carbocycles. The third-order valence-corrected chi connectivity index (χ3v) is 21.1. The minimum absolute atomic E-state index is 0.0127. The number of nitrogens with zero attached hydrogens (tertiary/aromatic N) is 2. The molecule has 27 heavy (non-hydrogen) atoms. The van der Waals surface area contributed by atoms with Gasteiger partial charge in [-0.05, 0) is 0 Å². The fraction of sp³-hybridized carbons (Fsp3) is 0.864. The van der Waals surface area contributed by atoms with Crippen LogP contribution in [-0.2, 0) is 16.0 Å². The monoisotopic (exact) mass is 486 g/mol. The molecule has 0 saturated carbocycles. The SMILES string of the molecule is CCC[CH2][Sn]([CH2]CCC)([CH2]CCC)[c]1cn(CCOC2CCCCO2)cn1. The third-order valence-electron chi connectivity index (χ3n) is 5.99. The molecule has 1 aliphatic rings. The number of aromatic nitrogens is 2. The summed E-state index contributed by atoms with van der Waals surface area (Å²) >= 11 is -2.38. The number of ether oxygens (including phenoxy) is 2. The van der Waals surface area contributed by atoms with Crippen LogP contribution in [0.15, 0.2) is 12.5 Å². The molecule has 1 saturated heterocycles. The zero-order chi connectivity index (χ0) is 19.4. The predicted molar refractivity (Wildman–Crippen MR) is 116 cm³/mol. The Labute approximate surface area is 171 Å². The molecule has 156 valence electrons. The van der Waals surface area contributed by atoms with Gasteiger partial charge < -0.3 is 0 Å². The summed E-state index contributed by atoms with van der Waals surface area (Å²) in [6, 6.07) is 0. The molecular weight excluding hydrogens is 443 g/mol. The topological polar surface area (TPSA) is 36.3 Å². The van der Waals surface area contributed by atoms with Gasteiger partial charge in [-0.25, -0.2) is 0 Å². The molecule has 4 nitrogen and oxygen atoms in total. The van der Waals surface area contributed by atoms with Gasteiger partial charge in [0, 0.05) is 0 Å². The van der Waals surface area contributed by atoms with Crippen LogP contribution in [-0.4, -0.2) is 47.4 Å². The van der Waals surface area contributed by atoms with Crippen LogP contribution < -0.4 is 3.71 Å². The van der Waals surface area contributed by atoms with Gasteiger partial charge in [0.2, 0.25) is 0 Å². The van der Waals surface area contributed by atoms with Gasteiger partial charge in [0.25, 0.3) is 0 Å². The van der Waals surface area contributed by atoms with Crippen LogP contribution in [0, 0.1) is 0 Å². The standard InChI is InChI=1S/C10H15N2O2.3C4H9.Sn/c1-2-7-13-10(3-1)14-8-6-12-5-4-11-9-12;3*1-3-4-2;/h5,9-10H,1-3,6-8H2;3*1,3-4H2,2H3;. The first-order valence-corrected chi connectivity index (χ1v) is 19.0. The van der Waals surface area contributed by atoms with Crippen LogP contribution in [0.3, 0.4) is 0 Å². The van der Waals surface area contributed by atoms with E-state index in [2.05, 4.69) is 37.9 Å². The van der Waals surface area contributed by atoms with E-state index in [-0.39, 0.29) is 6.29 Å². The maximum atomic E-state index is 5.92. The fourth-order valence-electron chi connectivity index (χ4n) is 4.19. The summed E-state index contributed by atoms with van der Waals surface area (Å²) in [5.41, 5.74) is 0. The molecular formula is C22H42N2O2Sn. The summed E-state index contributed by atoms with van der Waals surface area (Å²) in [5, 5.41) is 0. The van der Waals surface area contributed by atoms with E-state index in [9.17, 15) is 0 Å². The molecule has 0 amide bonds. The zero-order valence-electron chi connectivity index (χ0n) is 18.0. The summed E-state index contributed by atoms with van der Waals surface area (Å²) in [6.07, 6.45) is 16.0. The summed E-state index contributed by atoms with van der Waals surface area (Å²) < 4.78 is 19.8. The van der Waals surface area contributed by atoms with Gasteiger partial charge in [0.15, 0.2) is 0 Å². The van der Waals surface area contributed by atoms with Crippen molar-refractivity contribution in [2.45, 2.75) is 105 Å². The van der Waals surface area contributed by atoms with Gasteiger partial charge in [-0.2, -0.15) is 0 Å². The Morgan fingerprint density at radius 1 is 1.07 bits per heavy atom. The van der Waals surface area contributed by atoms with Crippen LogP contribution in [0.2, 0.25) is 13.3 Å². The second kappa shape index (κ2) is 13.2. The normalized spacial score (nSPS) is 18.1. The van der Waals surface area contributed by atoms with Crippen LogP contribution in [0.5, 0.6) is 0 Å². The van der Waals surface area contributed by atoms with E-state index in [0.717, 1.165) is 26.2 Å². The Hall–Kier alpha value is -0.0713. The summed E-state index contributed by atoms with van der Waals surface area (Å²) in [7, 11) is 0. The van der Waals surface area contributed by atoms with Crippen LogP contribution in [0.25, 0.3) is 0 Å². The van der Waals surface area contributed by atoms with E-state index in [1.54, 1.807) is 0 Å². The summed E-state index contributed by atoms with van der Waals surface area (Å²) in [4.78, 5) is 4.98. The van der Waals surface area contributed by atoms with Crippen molar-refractivity contribution >= 4 is 22.1 Å². The third kappa shape index (κ3) is 7.69. The molecule has 1 unspecified atom stereocenters. The van der Waals surface area contributed by atoms with Crippen molar-refractivity contribution < 1.29 is 9.47 Å². The van der Waals surface area contributed by atoms with Crippen molar-refractivity contribution in [3.05, 3.63) is 12.5 Å². The first-order chi connectivity index (χ1) is 13.2. The molecule has 2 heterocycles. The molecule has 1 fully saturated rings. The fourth-order valence-corrected chi connectivity index (χ4v) is 19.6. The quantitative estimate of drug-likeness (QED) is 0.328. The van der Waals surface area contributed by atoms with Crippen LogP contribution in [0.4, 0.5) is 0 Å². The Morgan fingerprint density at radius 3 is 2.30 bits per heavy atom.